The van der Waals surface area contributed by atoms with Crippen LogP contribution in [0.1, 0.15) is 24.5 Å². The van der Waals surface area contributed by atoms with Gasteiger partial charge in [0.1, 0.15) is 0 Å². The number of rotatable bonds is 5. The van der Waals surface area contributed by atoms with Gasteiger partial charge in [0.15, 0.2) is 0 Å². The number of hydrogen-bond acceptors (Lipinski definition) is 2. The van der Waals surface area contributed by atoms with E-state index in [-0.39, 0.29) is 0 Å². The van der Waals surface area contributed by atoms with Gasteiger partial charge in [-0.15, -0.1) is 0 Å². The van der Waals surface area contributed by atoms with Crippen molar-refractivity contribution in [1.82, 2.24) is 0 Å². The van der Waals surface area contributed by atoms with Gasteiger partial charge in [-0.05, 0) is 87.9 Å². The number of hydrogen-bond donors (Lipinski definition) is 0. The molecule has 0 radical (unpaired) electrons. The lowest BCUT2D eigenvalue weighted by molar-refractivity contribution is 1.18. The van der Waals surface area contributed by atoms with Crippen LogP contribution in [0.4, 0.5) is 22.7 Å². The van der Waals surface area contributed by atoms with Crippen molar-refractivity contribution in [2.75, 3.05) is 16.8 Å². The number of allylic oxidation sites excluding steroid dienone is 5. The molecule has 3 aromatic rings. The van der Waals surface area contributed by atoms with Crippen LogP contribution in [0.5, 0.6) is 0 Å². The standard InChI is InChI=1S/C29H30N2/c1-22-6-5-7-27(15-10-22)31(28-16-11-24(3)12-17-28)29-20-18-26(19-21-29)30(4)25-13-8-23(2)9-14-25/h5,7-21H,6H2,1-4H3. The summed E-state index contributed by atoms with van der Waals surface area (Å²) in [7, 11) is 2.11. The first-order valence-electron chi connectivity index (χ1n) is 10.8. The zero-order valence-electron chi connectivity index (χ0n) is 18.8. The third kappa shape index (κ3) is 4.80. The molecule has 156 valence electrons. The Morgan fingerprint density at radius 1 is 0.581 bits per heavy atom. The van der Waals surface area contributed by atoms with Crippen molar-refractivity contribution in [1.29, 1.82) is 0 Å². The van der Waals surface area contributed by atoms with Crippen LogP contribution < -0.4 is 9.80 Å². The molecule has 0 atom stereocenters. The van der Waals surface area contributed by atoms with E-state index in [1.807, 2.05) is 0 Å². The molecule has 2 nitrogen and oxygen atoms in total. The van der Waals surface area contributed by atoms with Crippen LogP contribution in [0.15, 0.2) is 108 Å². The second-order valence-corrected chi connectivity index (χ2v) is 8.29. The smallest absolute Gasteiger partial charge is 0.0463 e. The molecule has 0 fully saturated rings. The van der Waals surface area contributed by atoms with Gasteiger partial charge in [-0.25, -0.2) is 0 Å². The first kappa shape index (κ1) is 20.7. The third-order valence-corrected chi connectivity index (χ3v) is 5.73. The number of anilines is 4. The maximum Gasteiger partial charge on any atom is 0.0463 e. The lowest BCUT2D eigenvalue weighted by Gasteiger charge is -2.27. The van der Waals surface area contributed by atoms with Crippen molar-refractivity contribution in [3.63, 3.8) is 0 Å². The summed E-state index contributed by atoms with van der Waals surface area (Å²) in [4.78, 5) is 4.54. The third-order valence-electron chi connectivity index (χ3n) is 5.73. The molecule has 0 saturated heterocycles. The van der Waals surface area contributed by atoms with E-state index in [4.69, 9.17) is 0 Å². The zero-order chi connectivity index (χ0) is 21.8. The fourth-order valence-corrected chi connectivity index (χ4v) is 3.75. The van der Waals surface area contributed by atoms with Crippen molar-refractivity contribution >= 4 is 22.7 Å². The number of aryl methyl sites for hydroxylation is 2. The summed E-state index contributed by atoms with van der Waals surface area (Å²) in [5.41, 5.74) is 9.73. The van der Waals surface area contributed by atoms with E-state index >= 15 is 0 Å². The molecule has 1 aliphatic carbocycles. The first-order chi connectivity index (χ1) is 15.0. The quantitative estimate of drug-likeness (QED) is 0.423. The van der Waals surface area contributed by atoms with Gasteiger partial charge in [0.05, 0.1) is 0 Å². The van der Waals surface area contributed by atoms with Crippen LogP contribution in [0.2, 0.25) is 0 Å². The largest absolute Gasteiger partial charge is 0.345 e. The maximum atomic E-state index is 2.32. The summed E-state index contributed by atoms with van der Waals surface area (Å²) in [5.74, 6) is 0. The fourth-order valence-electron chi connectivity index (χ4n) is 3.75. The normalized spacial score (nSPS) is 13.3. The second kappa shape index (κ2) is 9.09. The highest BCUT2D eigenvalue weighted by Crippen LogP contribution is 2.34. The van der Waals surface area contributed by atoms with Crippen LogP contribution in [-0.4, -0.2) is 7.05 Å². The molecule has 0 aromatic heterocycles. The monoisotopic (exact) mass is 406 g/mol. The minimum atomic E-state index is 0.988. The highest BCUT2D eigenvalue weighted by molar-refractivity contribution is 5.73. The molecule has 31 heavy (non-hydrogen) atoms. The van der Waals surface area contributed by atoms with Gasteiger partial charge in [-0.2, -0.15) is 0 Å². The molecule has 0 unspecified atom stereocenters. The molecule has 0 heterocycles. The SMILES string of the molecule is CC1=CC=C(N(c2ccc(C)cc2)c2ccc(N(C)c3ccc(C)cc3)cc2)C=CC1. The summed E-state index contributed by atoms with van der Waals surface area (Å²) in [6, 6.07) is 26.2. The van der Waals surface area contributed by atoms with E-state index in [9.17, 15) is 0 Å². The average Bonchev–Trinajstić information content (AvgIpc) is 3.00. The average molecular weight is 407 g/mol. The second-order valence-electron chi connectivity index (χ2n) is 8.29. The van der Waals surface area contributed by atoms with Gasteiger partial charge in [0.2, 0.25) is 0 Å². The molecule has 4 rings (SSSR count). The Bertz CT molecular complexity index is 1110. The van der Waals surface area contributed by atoms with E-state index in [0.717, 1.165) is 23.5 Å². The molecule has 0 bridgehead atoms. The summed E-state index contributed by atoms with van der Waals surface area (Å²) in [6.45, 7) is 6.42. The van der Waals surface area contributed by atoms with Crippen LogP contribution in [0.25, 0.3) is 0 Å². The zero-order valence-corrected chi connectivity index (χ0v) is 18.8. The molecule has 1 aliphatic rings. The van der Waals surface area contributed by atoms with Crippen LogP contribution in [0, 0.1) is 13.8 Å². The summed E-state index contributed by atoms with van der Waals surface area (Å²) in [6.07, 6.45) is 9.88. The highest BCUT2D eigenvalue weighted by atomic mass is 15.1. The first-order valence-corrected chi connectivity index (χ1v) is 10.8. The van der Waals surface area contributed by atoms with E-state index in [1.54, 1.807) is 0 Å². The van der Waals surface area contributed by atoms with Gasteiger partial charge in [-0.3, -0.25) is 0 Å². The summed E-state index contributed by atoms with van der Waals surface area (Å²) in [5, 5.41) is 0. The van der Waals surface area contributed by atoms with Crippen LogP contribution in [-0.2, 0) is 0 Å². The Balaban J connectivity index is 1.70. The van der Waals surface area contributed by atoms with Crippen molar-refractivity contribution in [3.8, 4) is 0 Å². The molecule has 0 saturated carbocycles. The van der Waals surface area contributed by atoms with E-state index in [0.29, 0.717) is 0 Å². The molecule has 3 aromatic carbocycles. The molecule has 2 heteroatoms. The van der Waals surface area contributed by atoms with Crippen molar-refractivity contribution < 1.29 is 0 Å². The lowest BCUT2D eigenvalue weighted by atomic mass is 10.1. The van der Waals surface area contributed by atoms with Crippen molar-refractivity contribution in [2.24, 2.45) is 0 Å². The maximum absolute atomic E-state index is 2.32. The molecule has 0 amide bonds. The minimum absolute atomic E-state index is 0.988. The molecule has 0 spiro atoms. The van der Waals surface area contributed by atoms with Gasteiger partial charge >= 0.3 is 0 Å². The molecular formula is C29H30N2. The Morgan fingerprint density at radius 2 is 1.03 bits per heavy atom. The number of benzene rings is 3. The van der Waals surface area contributed by atoms with E-state index in [1.165, 1.54) is 28.1 Å². The fraction of sp³-hybridized carbons (Fsp3) is 0.172. The lowest BCUT2D eigenvalue weighted by Crippen LogP contribution is -2.15. The Hall–Kier alpha value is -3.52. The van der Waals surface area contributed by atoms with Crippen molar-refractivity contribution in [2.45, 2.75) is 27.2 Å². The van der Waals surface area contributed by atoms with Gasteiger partial charge < -0.3 is 9.80 Å². The summed E-state index contributed by atoms with van der Waals surface area (Å²) < 4.78 is 0. The topological polar surface area (TPSA) is 6.48 Å². The van der Waals surface area contributed by atoms with Gasteiger partial charge in [0, 0.05) is 35.5 Å². The van der Waals surface area contributed by atoms with Crippen LogP contribution >= 0.6 is 0 Å². The Morgan fingerprint density at radius 3 is 1.58 bits per heavy atom. The highest BCUT2D eigenvalue weighted by Gasteiger charge is 2.14. The van der Waals surface area contributed by atoms with Gasteiger partial charge in [-0.1, -0.05) is 53.1 Å². The van der Waals surface area contributed by atoms with E-state index in [2.05, 4.69) is 135 Å². The van der Waals surface area contributed by atoms with Crippen molar-refractivity contribution in [3.05, 3.63) is 119 Å². The Kier molecular flexibility index (Phi) is 6.08. The van der Waals surface area contributed by atoms with Crippen LogP contribution in [0.3, 0.4) is 0 Å². The van der Waals surface area contributed by atoms with E-state index < -0.39 is 0 Å². The predicted octanol–water partition coefficient (Wildman–Crippen LogP) is 8.00. The molecule has 0 aliphatic heterocycles. The molecule has 0 N–H and O–H groups in total. The predicted molar refractivity (Wildman–Crippen MR) is 135 cm³/mol. The minimum Gasteiger partial charge on any atom is -0.345 e. The summed E-state index contributed by atoms with van der Waals surface area (Å²) >= 11 is 0. The molecular weight excluding hydrogens is 376 g/mol. The number of nitrogens with zero attached hydrogens (tertiary/aromatic N) is 2. The van der Waals surface area contributed by atoms with Gasteiger partial charge in [0.25, 0.3) is 0 Å². The Labute approximate surface area is 186 Å².